The smallest absolute Gasteiger partial charge is 0.0346 e. The van der Waals surface area contributed by atoms with Crippen molar-refractivity contribution in [2.24, 2.45) is 0 Å². The standard InChI is InChI=1S/C22H32N2/c1-4-6-8-19-14-17(10-12-21(19)23)16(3)18-11-13-22(24)20(15-18)9-7-5-2/h10-16H,4-9,23-24H2,1-3H3. The molecule has 0 saturated carbocycles. The Morgan fingerprint density at radius 1 is 0.750 bits per heavy atom. The number of unbranched alkanes of at least 4 members (excludes halogenated alkanes) is 2. The van der Waals surface area contributed by atoms with E-state index in [0.29, 0.717) is 5.92 Å². The predicted octanol–water partition coefficient (Wildman–Crippen LogP) is 5.69. The molecule has 0 bridgehead atoms. The first-order valence-corrected chi connectivity index (χ1v) is 9.33. The molecule has 0 aromatic heterocycles. The molecule has 2 aromatic carbocycles. The van der Waals surface area contributed by atoms with E-state index in [1.807, 2.05) is 0 Å². The van der Waals surface area contributed by atoms with E-state index in [4.69, 9.17) is 11.5 Å². The van der Waals surface area contributed by atoms with Gasteiger partial charge >= 0.3 is 0 Å². The molecule has 0 fully saturated rings. The van der Waals surface area contributed by atoms with E-state index in [1.54, 1.807) is 0 Å². The fraction of sp³-hybridized carbons (Fsp3) is 0.455. The minimum absolute atomic E-state index is 0.354. The molecular formula is C22H32N2. The number of anilines is 2. The molecule has 2 aromatic rings. The molecule has 130 valence electrons. The first-order valence-electron chi connectivity index (χ1n) is 9.33. The van der Waals surface area contributed by atoms with Gasteiger partial charge in [0.2, 0.25) is 0 Å². The molecule has 24 heavy (non-hydrogen) atoms. The van der Waals surface area contributed by atoms with E-state index in [9.17, 15) is 0 Å². The Hall–Kier alpha value is -1.96. The summed E-state index contributed by atoms with van der Waals surface area (Å²) in [6, 6.07) is 13.0. The average Bonchev–Trinajstić information content (AvgIpc) is 2.59. The van der Waals surface area contributed by atoms with Crippen LogP contribution in [0.5, 0.6) is 0 Å². The molecule has 0 radical (unpaired) electrons. The lowest BCUT2D eigenvalue weighted by Crippen LogP contribution is -2.03. The van der Waals surface area contributed by atoms with E-state index in [2.05, 4.69) is 57.2 Å². The maximum absolute atomic E-state index is 6.15. The molecule has 0 aliphatic carbocycles. The molecule has 2 nitrogen and oxygen atoms in total. The predicted molar refractivity (Wildman–Crippen MR) is 106 cm³/mol. The Morgan fingerprint density at radius 3 is 1.54 bits per heavy atom. The monoisotopic (exact) mass is 324 g/mol. The molecule has 0 heterocycles. The summed E-state index contributed by atoms with van der Waals surface area (Å²) in [6.45, 7) is 6.70. The maximum Gasteiger partial charge on any atom is 0.0346 e. The molecular weight excluding hydrogens is 292 g/mol. The Labute approximate surface area is 147 Å². The van der Waals surface area contributed by atoms with Crippen molar-refractivity contribution in [1.29, 1.82) is 0 Å². The van der Waals surface area contributed by atoms with Gasteiger partial charge in [0.25, 0.3) is 0 Å². The van der Waals surface area contributed by atoms with Gasteiger partial charge in [0, 0.05) is 17.3 Å². The van der Waals surface area contributed by atoms with Crippen molar-refractivity contribution in [3.63, 3.8) is 0 Å². The summed E-state index contributed by atoms with van der Waals surface area (Å²) in [5.74, 6) is 0.354. The largest absolute Gasteiger partial charge is 0.399 e. The van der Waals surface area contributed by atoms with Gasteiger partial charge in [0.15, 0.2) is 0 Å². The van der Waals surface area contributed by atoms with Gasteiger partial charge in [-0.1, -0.05) is 57.9 Å². The molecule has 0 spiro atoms. The van der Waals surface area contributed by atoms with Gasteiger partial charge in [0.1, 0.15) is 0 Å². The quantitative estimate of drug-likeness (QED) is 0.613. The lowest BCUT2D eigenvalue weighted by molar-refractivity contribution is 0.790. The highest BCUT2D eigenvalue weighted by Gasteiger charge is 2.12. The van der Waals surface area contributed by atoms with Crippen molar-refractivity contribution >= 4 is 11.4 Å². The number of hydrogen-bond donors (Lipinski definition) is 2. The van der Waals surface area contributed by atoms with Crippen molar-refractivity contribution in [3.05, 3.63) is 58.7 Å². The third-order valence-corrected chi connectivity index (χ3v) is 4.93. The van der Waals surface area contributed by atoms with Gasteiger partial charge in [0.05, 0.1) is 0 Å². The Kier molecular flexibility index (Phi) is 6.72. The SMILES string of the molecule is CCCCc1cc(C(C)c2ccc(N)c(CCCC)c2)ccc1N. The van der Waals surface area contributed by atoms with Crippen LogP contribution in [-0.2, 0) is 12.8 Å². The first-order chi connectivity index (χ1) is 11.6. The molecule has 4 N–H and O–H groups in total. The second kappa shape index (κ2) is 8.77. The molecule has 0 aliphatic rings. The van der Waals surface area contributed by atoms with E-state index in [1.165, 1.54) is 47.9 Å². The molecule has 0 saturated heterocycles. The lowest BCUT2D eigenvalue weighted by Gasteiger charge is -2.17. The number of aryl methyl sites for hydroxylation is 2. The van der Waals surface area contributed by atoms with Crippen LogP contribution in [0.3, 0.4) is 0 Å². The van der Waals surface area contributed by atoms with Gasteiger partial charge in [-0.3, -0.25) is 0 Å². The highest BCUT2D eigenvalue weighted by atomic mass is 14.6. The number of nitrogen functional groups attached to an aromatic ring is 2. The first kappa shape index (κ1) is 18.4. The third kappa shape index (κ3) is 4.53. The normalized spacial score (nSPS) is 11.2. The van der Waals surface area contributed by atoms with Crippen LogP contribution >= 0.6 is 0 Å². The van der Waals surface area contributed by atoms with Crippen LogP contribution in [0.15, 0.2) is 36.4 Å². The number of benzene rings is 2. The van der Waals surface area contributed by atoms with Crippen LogP contribution in [0.25, 0.3) is 0 Å². The van der Waals surface area contributed by atoms with Crippen LogP contribution in [0.1, 0.15) is 74.6 Å². The zero-order valence-corrected chi connectivity index (χ0v) is 15.4. The van der Waals surface area contributed by atoms with Gasteiger partial charge in [-0.15, -0.1) is 0 Å². The van der Waals surface area contributed by atoms with E-state index in [-0.39, 0.29) is 0 Å². The third-order valence-electron chi connectivity index (χ3n) is 4.93. The van der Waals surface area contributed by atoms with Gasteiger partial charge in [-0.05, 0) is 60.1 Å². The van der Waals surface area contributed by atoms with Crippen LogP contribution in [0, 0.1) is 0 Å². The summed E-state index contributed by atoms with van der Waals surface area (Å²) in [5, 5.41) is 0. The average molecular weight is 325 g/mol. The van der Waals surface area contributed by atoms with E-state index >= 15 is 0 Å². The fourth-order valence-corrected chi connectivity index (χ4v) is 3.15. The van der Waals surface area contributed by atoms with Crippen molar-refractivity contribution in [2.75, 3.05) is 11.5 Å². The Bertz CT molecular complexity index is 604. The minimum Gasteiger partial charge on any atom is -0.399 e. The van der Waals surface area contributed by atoms with Crippen molar-refractivity contribution in [2.45, 2.75) is 65.2 Å². The van der Waals surface area contributed by atoms with Crippen molar-refractivity contribution < 1.29 is 0 Å². The highest BCUT2D eigenvalue weighted by molar-refractivity contribution is 5.53. The summed E-state index contributed by atoms with van der Waals surface area (Å²) in [6.07, 6.45) is 6.88. The molecule has 2 rings (SSSR count). The summed E-state index contributed by atoms with van der Waals surface area (Å²) in [7, 11) is 0. The summed E-state index contributed by atoms with van der Waals surface area (Å²) >= 11 is 0. The molecule has 0 amide bonds. The zero-order chi connectivity index (χ0) is 17.5. The summed E-state index contributed by atoms with van der Waals surface area (Å²) in [4.78, 5) is 0. The topological polar surface area (TPSA) is 52.0 Å². The van der Waals surface area contributed by atoms with Gasteiger partial charge < -0.3 is 11.5 Å². The number of nitrogens with two attached hydrogens (primary N) is 2. The fourth-order valence-electron chi connectivity index (χ4n) is 3.15. The second-order valence-corrected chi connectivity index (χ2v) is 6.85. The van der Waals surface area contributed by atoms with Crippen LogP contribution in [0.2, 0.25) is 0 Å². The molecule has 0 atom stereocenters. The second-order valence-electron chi connectivity index (χ2n) is 6.85. The summed E-state index contributed by atoms with van der Waals surface area (Å²) in [5.41, 5.74) is 19.4. The maximum atomic E-state index is 6.15. The number of hydrogen-bond acceptors (Lipinski definition) is 2. The van der Waals surface area contributed by atoms with Crippen molar-refractivity contribution in [1.82, 2.24) is 0 Å². The van der Waals surface area contributed by atoms with Crippen molar-refractivity contribution in [3.8, 4) is 0 Å². The Morgan fingerprint density at radius 2 is 1.17 bits per heavy atom. The van der Waals surface area contributed by atoms with Crippen LogP contribution < -0.4 is 11.5 Å². The zero-order valence-electron chi connectivity index (χ0n) is 15.4. The van der Waals surface area contributed by atoms with E-state index < -0.39 is 0 Å². The van der Waals surface area contributed by atoms with Crippen LogP contribution in [-0.4, -0.2) is 0 Å². The van der Waals surface area contributed by atoms with Crippen LogP contribution in [0.4, 0.5) is 11.4 Å². The van der Waals surface area contributed by atoms with E-state index in [0.717, 1.165) is 24.2 Å². The van der Waals surface area contributed by atoms with Gasteiger partial charge in [-0.2, -0.15) is 0 Å². The van der Waals surface area contributed by atoms with Gasteiger partial charge in [-0.25, -0.2) is 0 Å². The Balaban J connectivity index is 2.26. The summed E-state index contributed by atoms with van der Waals surface area (Å²) < 4.78 is 0. The molecule has 0 aliphatic heterocycles. The molecule has 2 heteroatoms. The molecule has 0 unspecified atom stereocenters. The lowest BCUT2D eigenvalue weighted by atomic mass is 9.89. The number of rotatable bonds is 8. The highest BCUT2D eigenvalue weighted by Crippen LogP contribution is 2.29. The minimum atomic E-state index is 0.354.